The van der Waals surface area contributed by atoms with Crippen molar-refractivity contribution in [2.24, 2.45) is 0 Å². The summed E-state index contributed by atoms with van der Waals surface area (Å²) in [4.78, 5) is 45.4. The molecule has 66 heavy (non-hydrogen) atoms. The number of nitrogens with zero attached hydrogens (tertiary/aromatic N) is 12. The molecular weight excluding hydrogens is 1150 g/mol. The first-order valence-corrected chi connectivity index (χ1v) is 21.5. The van der Waals surface area contributed by atoms with Gasteiger partial charge in [-0.2, -0.15) is 86.8 Å². The van der Waals surface area contributed by atoms with Crippen LogP contribution in [0.3, 0.4) is 0 Å². The third kappa shape index (κ3) is 19.5. The van der Waals surface area contributed by atoms with Crippen LogP contribution < -0.4 is 21.3 Å². The number of para-hydroxylation sites is 4. The normalized spacial score (nSPS) is 9.88. The minimum atomic E-state index is 0. The highest BCUT2D eigenvalue weighted by molar-refractivity contribution is 7.59. The summed E-state index contributed by atoms with van der Waals surface area (Å²) in [6, 6.07) is 28.7. The Hall–Kier alpha value is -3.70. The van der Waals surface area contributed by atoms with Crippen LogP contribution in [0.25, 0.3) is 0 Å². The predicted octanol–water partition coefficient (Wildman–Crippen LogP) is 14.5. The Morgan fingerprint density at radius 2 is 0.379 bits per heavy atom. The van der Waals surface area contributed by atoms with E-state index < -0.39 is 0 Å². The van der Waals surface area contributed by atoms with Crippen molar-refractivity contribution >= 4 is 213 Å². The number of halogens is 12. The molecule has 0 amide bonds. The second kappa shape index (κ2) is 28.6. The van der Waals surface area contributed by atoms with Crippen molar-refractivity contribution < 1.29 is 0 Å². The van der Waals surface area contributed by atoms with E-state index in [2.05, 4.69) is 81.1 Å². The first kappa shape index (κ1) is 56.6. The minimum absolute atomic E-state index is 0. The van der Waals surface area contributed by atoms with E-state index in [1.54, 1.807) is 48.5 Å². The van der Waals surface area contributed by atoms with Crippen molar-refractivity contribution in [1.29, 1.82) is 0 Å². The van der Waals surface area contributed by atoms with E-state index >= 15 is 0 Å². The van der Waals surface area contributed by atoms with Crippen molar-refractivity contribution in [3.05, 3.63) is 159 Å². The summed E-state index contributed by atoms with van der Waals surface area (Å²) < 4.78 is 0. The largest absolute Gasteiger partial charge is 0.323 e. The van der Waals surface area contributed by atoms with Crippen molar-refractivity contribution in [2.75, 3.05) is 21.3 Å². The Morgan fingerprint density at radius 3 is 0.530 bits per heavy atom. The van der Waals surface area contributed by atoms with E-state index in [1.807, 2.05) is 48.5 Å². The van der Waals surface area contributed by atoms with Crippen molar-refractivity contribution in [3.8, 4) is 0 Å². The summed E-state index contributed by atoms with van der Waals surface area (Å²) in [5.74, 6) is 0.993. The highest BCUT2D eigenvalue weighted by atomic mass is 35.5. The van der Waals surface area contributed by atoms with Gasteiger partial charge in [0.15, 0.2) is 0 Å². The fraction of sp³-hybridized carbons (Fsp3) is 0. The van der Waals surface area contributed by atoms with Crippen LogP contribution in [0, 0.1) is 0 Å². The number of nitrogens with one attached hydrogen (secondary N) is 4. The molecule has 0 aliphatic heterocycles. The maximum atomic E-state index is 5.95. The summed E-state index contributed by atoms with van der Waals surface area (Å²) in [6.45, 7) is 0. The zero-order chi connectivity index (χ0) is 46.2. The van der Waals surface area contributed by atoms with Gasteiger partial charge in [0.05, 0.1) is 42.8 Å². The zero-order valence-electron chi connectivity index (χ0n) is 32.1. The summed E-state index contributed by atoms with van der Waals surface area (Å²) in [6.07, 6.45) is 0. The number of aromatic nitrogens is 12. The number of hydrogen-bond acceptors (Lipinski definition) is 16. The van der Waals surface area contributed by atoms with Gasteiger partial charge in [0.1, 0.15) is 0 Å². The van der Waals surface area contributed by atoms with Crippen LogP contribution in [0.15, 0.2) is 97.1 Å². The molecule has 0 unspecified atom stereocenters. The van der Waals surface area contributed by atoms with Crippen LogP contribution in [0.1, 0.15) is 0 Å². The third-order valence-electron chi connectivity index (χ3n) is 6.80. The van der Waals surface area contributed by atoms with Gasteiger partial charge in [-0.15, -0.1) is 0 Å². The highest BCUT2D eigenvalue weighted by Crippen LogP contribution is 2.27. The lowest BCUT2D eigenvalue weighted by Crippen LogP contribution is -1.99. The monoisotopic (exact) mass is 1160 g/mol. The third-order valence-corrected chi connectivity index (χ3v) is 9.48. The van der Waals surface area contributed by atoms with Crippen LogP contribution in [-0.4, -0.2) is 59.8 Å². The average Bonchev–Trinajstić information content (AvgIpc) is 3.21. The summed E-state index contributed by atoms with van der Waals surface area (Å²) in [7, 11) is 0. The van der Waals surface area contributed by atoms with E-state index in [9.17, 15) is 0 Å². The fourth-order valence-electron chi connectivity index (χ4n) is 4.26. The molecule has 0 bridgehead atoms. The highest BCUT2D eigenvalue weighted by Gasteiger charge is 2.09. The molecule has 4 aromatic carbocycles. The molecule has 0 radical (unpaired) electrons. The molecule has 16 nitrogen and oxygen atoms in total. The Bertz CT molecular complexity index is 2380. The van der Waals surface area contributed by atoms with E-state index in [1.165, 1.54) is 0 Å². The topological polar surface area (TPSA) is 203 Å². The first-order chi connectivity index (χ1) is 30.6. The van der Waals surface area contributed by atoms with Gasteiger partial charge < -0.3 is 21.3 Å². The van der Waals surface area contributed by atoms with Crippen molar-refractivity contribution in [3.63, 3.8) is 0 Å². The van der Waals surface area contributed by atoms with Crippen LogP contribution >= 0.6 is 166 Å². The maximum absolute atomic E-state index is 5.95. The molecule has 4 heterocycles. The van der Waals surface area contributed by atoms with E-state index in [0.717, 1.165) is 0 Å². The molecule has 0 fully saturated rings. The van der Waals surface area contributed by atoms with Crippen molar-refractivity contribution in [1.82, 2.24) is 59.8 Å². The van der Waals surface area contributed by atoms with Gasteiger partial charge in [0.2, 0.25) is 66.1 Å². The molecule has 0 saturated carbocycles. The molecule has 30 heteroatoms. The van der Waals surface area contributed by atoms with Crippen molar-refractivity contribution in [2.45, 2.75) is 0 Å². The molecule has 8 rings (SSSR count). The number of benzene rings is 4. The van der Waals surface area contributed by atoms with Gasteiger partial charge in [-0.1, -0.05) is 94.9 Å². The predicted molar refractivity (Wildman–Crippen MR) is 279 cm³/mol. The van der Waals surface area contributed by atoms with Gasteiger partial charge in [-0.05, 0) is 141 Å². The molecule has 8 aromatic rings. The van der Waals surface area contributed by atoms with E-state index in [4.69, 9.17) is 139 Å². The summed E-state index contributed by atoms with van der Waals surface area (Å²) >= 11 is 68.9. The van der Waals surface area contributed by atoms with E-state index in [0.29, 0.717) is 42.8 Å². The maximum Gasteiger partial charge on any atom is 0.232 e. The molecular formula is C36H24Cl12N16S2. The Balaban J connectivity index is 0.000000231. The van der Waals surface area contributed by atoms with Gasteiger partial charge in [0, 0.05) is 0 Å². The number of hydrogen-bond donors (Lipinski definition) is 4. The molecule has 0 saturated heterocycles. The lowest BCUT2D eigenvalue weighted by atomic mass is 10.3. The smallest absolute Gasteiger partial charge is 0.232 e. The van der Waals surface area contributed by atoms with Gasteiger partial charge in [-0.3, -0.25) is 0 Å². The first-order valence-electron chi connectivity index (χ1n) is 16.9. The molecule has 0 spiro atoms. The van der Waals surface area contributed by atoms with Crippen LogP contribution in [0.5, 0.6) is 0 Å². The van der Waals surface area contributed by atoms with Crippen LogP contribution in [-0.2, 0) is 0 Å². The van der Waals surface area contributed by atoms with Gasteiger partial charge in [-0.25, -0.2) is 0 Å². The Kier molecular flexibility index (Phi) is 24.5. The molecule has 0 aliphatic carbocycles. The molecule has 4 N–H and O–H groups in total. The minimum Gasteiger partial charge on any atom is -0.323 e. The molecule has 344 valence electrons. The second-order valence-corrected chi connectivity index (χ2v) is 15.5. The molecule has 0 atom stereocenters. The zero-order valence-corrected chi connectivity index (χ0v) is 43.2. The average molecular weight is 1170 g/mol. The fourth-order valence-corrected chi connectivity index (χ4v) is 6.45. The summed E-state index contributed by atoms with van der Waals surface area (Å²) in [5, 5.41) is 13.9. The standard InChI is InChI=1S/4C9H5Cl3N4.2H2S/c4*10-5-3-1-2-4-6(5)13-9-15-7(11)14-8(12)16-9;;/h4*1-4H,(H,13,14,15,16);2*1H2. The van der Waals surface area contributed by atoms with E-state index in [-0.39, 0.29) is 93.1 Å². The second-order valence-electron chi connectivity index (χ2n) is 11.2. The van der Waals surface area contributed by atoms with Gasteiger partial charge >= 0.3 is 0 Å². The Labute approximate surface area is 449 Å². The number of anilines is 8. The molecule has 0 aliphatic rings. The Morgan fingerprint density at radius 1 is 0.227 bits per heavy atom. The van der Waals surface area contributed by atoms with Gasteiger partial charge in [0.25, 0.3) is 0 Å². The van der Waals surface area contributed by atoms with Crippen LogP contribution in [0.2, 0.25) is 62.4 Å². The lowest BCUT2D eigenvalue weighted by molar-refractivity contribution is 1.05. The SMILES string of the molecule is Clc1nc(Cl)nc(Nc2ccccc2Cl)n1.Clc1nc(Cl)nc(Nc2ccccc2Cl)n1.Clc1nc(Cl)nc(Nc2ccccc2Cl)n1.Clc1nc(Cl)nc(Nc2ccccc2Cl)n1.S.S. The summed E-state index contributed by atoms with van der Waals surface area (Å²) in [5.41, 5.74) is 2.68. The quantitative estimate of drug-likeness (QED) is 0.112. The molecule has 4 aromatic heterocycles. The number of rotatable bonds is 8. The lowest BCUT2D eigenvalue weighted by Gasteiger charge is -2.06. The van der Waals surface area contributed by atoms with Crippen LogP contribution in [0.4, 0.5) is 46.5 Å².